The van der Waals surface area contributed by atoms with E-state index in [1.807, 2.05) is 0 Å². The number of nitrogens with zero attached hydrogens (tertiary/aromatic N) is 1. The summed E-state index contributed by atoms with van der Waals surface area (Å²) in [6.07, 6.45) is 3.47. The van der Waals surface area contributed by atoms with E-state index < -0.39 is 29.7 Å². The van der Waals surface area contributed by atoms with Crippen LogP contribution >= 0.6 is 0 Å². The molecule has 0 heterocycles. The lowest BCUT2D eigenvalue weighted by atomic mass is 9.98. The molecule has 1 aliphatic rings. The van der Waals surface area contributed by atoms with Gasteiger partial charge in [0.2, 0.25) is 0 Å². The second-order valence-corrected chi connectivity index (χ2v) is 6.90. The molecule has 0 aliphatic heterocycles. The molecule has 0 bridgehead atoms. The highest BCUT2D eigenvalue weighted by Crippen LogP contribution is 2.21. The molecular weight excluding hydrogens is 302 g/mol. The highest BCUT2D eigenvalue weighted by Gasteiger charge is 2.33. The number of ether oxygens (including phenoxy) is 2. The minimum absolute atomic E-state index is 0.141. The molecule has 1 saturated carbocycles. The number of rotatable bonds is 5. The molecule has 0 saturated heterocycles. The van der Waals surface area contributed by atoms with Gasteiger partial charge in [-0.05, 0) is 46.5 Å². The van der Waals surface area contributed by atoms with Crippen molar-refractivity contribution < 1.29 is 29.0 Å². The summed E-state index contributed by atoms with van der Waals surface area (Å²) in [6.45, 7) is 5.06. The Morgan fingerprint density at radius 2 is 1.74 bits per heavy atom. The third-order valence-electron chi connectivity index (χ3n) is 3.64. The first-order valence-electron chi connectivity index (χ1n) is 7.98. The molecule has 1 rings (SSSR count). The Labute approximate surface area is 136 Å². The summed E-state index contributed by atoms with van der Waals surface area (Å²) in [4.78, 5) is 36.2. The van der Waals surface area contributed by atoms with Crippen molar-refractivity contribution in [3.05, 3.63) is 0 Å². The first kappa shape index (κ1) is 19.3. The first-order valence-corrected chi connectivity index (χ1v) is 7.98. The minimum Gasteiger partial charge on any atom is -0.480 e. The lowest BCUT2D eigenvalue weighted by Crippen LogP contribution is -2.46. The molecule has 1 atom stereocenters. The van der Waals surface area contributed by atoms with Crippen molar-refractivity contribution in [3.63, 3.8) is 0 Å². The van der Waals surface area contributed by atoms with Crippen LogP contribution in [0.4, 0.5) is 4.79 Å². The van der Waals surface area contributed by atoms with Gasteiger partial charge in [0.15, 0.2) is 0 Å². The average molecular weight is 329 g/mol. The van der Waals surface area contributed by atoms with E-state index in [1.165, 1.54) is 7.05 Å². The van der Waals surface area contributed by atoms with Crippen LogP contribution in [0.1, 0.15) is 59.3 Å². The van der Waals surface area contributed by atoms with E-state index in [0.29, 0.717) is 0 Å². The number of esters is 1. The van der Waals surface area contributed by atoms with Gasteiger partial charge in [-0.25, -0.2) is 9.59 Å². The van der Waals surface area contributed by atoms with Gasteiger partial charge in [-0.2, -0.15) is 0 Å². The number of likely N-dealkylation sites (N-methyl/N-ethyl adjacent to an activating group) is 1. The summed E-state index contributed by atoms with van der Waals surface area (Å²) in [5.74, 6) is -1.86. The van der Waals surface area contributed by atoms with Crippen molar-refractivity contribution in [2.45, 2.75) is 77.0 Å². The van der Waals surface area contributed by atoms with Crippen LogP contribution in [0.25, 0.3) is 0 Å². The van der Waals surface area contributed by atoms with Gasteiger partial charge in [-0.3, -0.25) is 9.69 Å². The van der Waals surface area contributed by atoms with E-state index >= 15 is 0 Å². The largest absolute Gasteiger partial charge is 0.480 e. The van der Waals surface area contributed by atoms with Gasteiger partial charge in [0.25, 0.3) is 0 Å². The molecule has 1 amide bonds. The number of amides is 1. The summed E-state index contributed by atoms with van der Waals surface area (Å²) in [7, 11) is 1.31. The smallest absolute Gasteiger partial charge is 0.410 e. The first-order chi connectivity index (χ1) is 10.6. The summed E-state index contributed by atoms with van der Waals surface area (Å²) < 4.78 is 10.5. The number of hydrogen-bond acceptors (Lipinski definition) is 5. The zero-order chi connectivity index (χ0) is 17.6. The predicted octanol–water partition coefficient (Wildman–Crippen LogP) is 2.57. The van der Waals surface area contributed by atoms with Crippen molar-refractivity contribution in [2.75, 3.05) is 7.05 Å². The third kappa shape index (κ3) is 6.88. The molecule has 0 radical (unpaired) electrons. The number of carbonyl (C=O) groups is 3. The minimum atomic E-state index is -1.30. The molecule has 0 aromatic carbocycles. The van der Waals surface area contributed by atoms with Crippen LogP contribution in [0.2, 0.25) is 0 Å². The van der Waals surface area contributed by atoms with Crippen LogP contribution in [-0.4, -0.2) is 52.8 Å². The number of hydrogen-bond donors (Lipinski definition) is 1. The Morgan fingerprint density at radius 3 is 2.22 bits per heavy atom. The molecule has 1 fully saturated rings. The van der Waals surface area contributed by atoms with Crippen molar-refractivity contribution in [3.8, 4) is 0 Å². The van der Waals surface area contributed by atoms with E-state index in [4.69, 9.17) is 9.47 Å². The quantitative estimate of drug-likeness (QED) is 0.779. The summed E-state index contributed by atoms with van der Waals surface area (Å²) in [5.41, 5.74) is -0.739. The van der Waals surface area contributed by atoms with Crippen LogP contribution < -0.4 is 0 Å². The van der Waals surface area contributed by atoms with Gasteiger partial charge < -0.3 is 14.6 Å². The molecule has 1 N–H and O–H groups in total. The molecule has 0 spiro atoms. The van der Waals surface area contributed by atoms with Crippen LogP contribution in [0, 0.1) is 0 Å². The molecule has 0 aromatic heterocycles. The predicted molar refractivity (Wildman–Crippen MR) is 83.0 cm³/mol. The van der Waals surface area contributed by atoms with E-state index in [-0.39, 0.29) is 12.5 Å². The maximum atomic E-state index is 12.0. The summed E-state index contributed by atoms with van der Waals surface area (Å²) in [6, 6.07) is -1.30. The van der Waals surface area contributed by atoms with Crippen molar-refractivity contribution in [1.82, 2.24) is 4.90 Å². The fourth-order valence-electron chi connectivity index (χ4n) is 2.43. The molecule has 7 heteroatoms. The molecule has 132 valence electrons. The van der Waals surface area contributed by atoms with Gasteiger partial charge in [-0.1, -0.05) is 6.42 Å². The molecule has 0 aromatic rings. The van der Waals surface area contributed by atoms with E-state index in [1.54, 1.807) is 20.8 Å². The number of carboxylic acid groups (broad SMARTS) is 1. The molecule has 1 aliphatic carbocycles. The Kier molecular flexibility index (Phi) is 6.84. The Hall–Kier alpha value is -1.79. The number of carboxylic acids is 1. The lowest BCUT2D eigenvalue weighted by Gasteiger charge is -2.28. The molecular formula is C16H27NO6. The van der Waals surface area contributed by atoms with Gasteiger partial charge in [-0.15, -0.1) is 0 Å². The van der Waals surface area contributed by atoms with Crippen LogP contribution in [0.5, 0.6) is 0 Å². The van der Waals surface area contributed by atoms with E-state index in [2.05, 4.69) is 0 Å². The number of aliphatic carboxylic acids is 1. The highest BCUT2D eigenvalue weighted by molar-refractivity contribution is 5.85. The number of carbonyl (C=O) groups excluding carboxylic acids is 2. The fraction of sp³-hybridized carbons (Fsp3) is 0.812. The van der Waals surface area contributed by atoms with Crippen molar-refractivity contribution in [1.29, 1.82) is 0 Å². The zero-order valence-electron chi connectivity index (χ0n) is 14.3. The monoisotopic (exact) mass is 329 g/mol. The second-order valence-electron chi connectivity index (χ2n) is 6.90. The fourth-order valence-corrected chi connectivity index (χ4v) is 2.43. The SMILES string of the molecule is CN(C(=O)OC(C)(C)C)C(CC(=O)OC1CCCCC1)C(=O)O. The van der Waals surface area contributed by atoms with Gasteiger partial charge in [0.05, 0.1) is 6.42 Å². The van der Waals surface area contributed by atoms with Gasteiger partial charge in [0, 0.05) is 7.05 Å². The van der Waals surface area contributed by atoms with Crippen LogP contribution in [0.15, 0.2) is 0 Å². The maximum absolute atomic E-state index is 12.0. The topological polar surface area (TPSA) is 93.1 Å². The normalized spacial score (nSPS) is 17.2. The second kappa shape index (κ2) is 8.17. The molecule has 7 nitrogen and oxygen atoms in total. The van der Waals surface area contributed by atoms with Gasteiger partial charge in [0.1, 0.15) is 17.7 Å². The van der Waals surface area contributed by atoms with Crippen molar-refractivity contribution >= 4 is 18.0 Å². The Balaban J connectivity index is 2.61. The van der Waals surface area contributed by atoms with Crippen LogP contribution in [-0.2, 0) is 19.1 Å². The summed E-state index contributed by atoms with van der Waals surface area (Å²) in [5, 5.41) is 9.29. The molecule has 23 heavy (non-hydrogen) atoms. The lowest BCUT2D eigenvalue weighted by molar-refractivity contribution is -0.156. The third-order valence-corrected chi connectivity index (χ3v) is 3.64. The Morgan fingerprint density at radius 1 is 1.17 bits per heavy atom. The standard InChI is InChI=1S/C16H27NO6/c1-16(2,3)23-15(21)17(4)12(14(19)20)10-13(18)22-11-8-6-5-7-9-11/h11-12H,5-10H2,1-4H3,(H,19,20). The average Bonchev–Trinajstić information content (AvgIpc) is 2.43. The van der Waals surface area contributed by atoms with E-state index in [0.717, 1.165) is 37.0 Å². The molecule has 1 unspecified atom stereocenters. The maximum Gasteiger partial charge on any atom is 0.410 e. The van der Waals surface area contributed by atoms with Crippen molar-refractivity contribution in [2.24, 2.45) is 0 Å². The van der Waals surface area contributed by atoms with Gasteiger partial charge >= 0.3 is 18.0 Å². The Bertz CT molecular complexity index is 436. The highest BCUT2D eigenvalue weighted by atomic mass is 16.6. The zero-order valence-corrected chi connectivity index (χ0v) is 14.3. The summed E-state index contributed by atoms with van der Waals surface area (Å²) >= 11 is 0. The van der Waals surface area contributed by atoms with Crippen LogP contribution in [0.3, 0.4) is 0 Å². The van der Waals surface area contributed by atoms with E-state index in [9.17, 15) is 19.5 Å².